The van der Waals surface area contributed by atoms with Crippen molar-refractivity contribution in [3.05, 3.63) is 12.3 Å². The first-order valence-electron chi connectivity index (χ1n) is 8.85. The lowest BCUT2D eigenvalue weighted by atomic mass is 10.1. The molecule has 1 rings (SSSR count). The van der Waals surface area contributed by atoms with Crippen LogP contribution in [0.1, 0.15) is 71.1 Å². The number of anilines is 2. The Kier molecular flexibility index (Phi) is 10.6. The number of carbonyl (C=O) groups is 1. The summed E-state index contributed by atoms with van der Waals surface area (Å²) in [6.45, 7) is 2.92. The molecule has 0 aliphatic carbocycles. The van der Waals surface area contributed by atoms with Crippen LogP contribution in [0.4, 0.5) is 16.6 Å². The second-order valence-corrected chi connectivity index (χ2v) is 5.87. The number of nitrogens with zero attached hydrogens (tertiary/aromatic N) is 2. The minimum atomic E-state index is -0.286. The van der Waals surface area contributed by atoms with Gasteiger partial charge >= 0.3 is 6.03 Å². The zero-order valence-electron chi connectivity index (χ0n) is 14.3. The highest BCUT2D eigenvalue weighted by atomic mass is 16.2. The van der Waals surface area contributed by atoms with Crippen LogP contribution in [0, 0.1) is 0 Å². The van der Waals surface area contributed by atoms with Gasteiger partial charge in [-0.25, -0.2) is 9.78 Å². The maximum Gasteiger partial charge on any atom is 0.321 e. The molecule has 0 saturated carbocycles. The van der Waals surface area contributed by atoms with Crippen LogP contribution < -0.4 is 16.4 Å². The van der Waals surface area contributed by atoms with Gasteiger partial charge in [0, 0.05) is 12.7 Å². The van der Waals surface area contributed by atoms with E-state index < -0.39 is 0 Å². The standard InChI is InChI=1S/C17H31N5O/c1-2-3-4-5-6-7-8-9-10-11-13-20-17(23)22-16-19-14-12-15(18)21-16/h12,14H,2-11,13H2,1H3,(H4,18,19,20,21,22,23). The van der Waals surface area contributed by atoms with Crippen molar-refractivity contribution in [3.8, 4) is 0 Å². The van der Waals surface area contributed by atoms with E-state index in [4.69, 9.17) is 5.73 Å². The molecule has 0 radical (unpaired) electrons. The summed E-state index contributed by atoms with van der Waals surface area (Å²) in [5, 5.41) is 5.37. The summed E-state index contributed by atoms with van der Waals surface area (Å²) < 4.78 is 0. The summed E-state index contributed by atoms with van der Waals surface area (Å²) in [6.07, 6.45) is 14.4. The van der Waals surface area contributed by atoms with Gasteiger partial charge in [-0.3, -0.25) is 5.32 Å². The summed E-state index contributed by atoms with van der Waals surface area (Å²) in [4.78, 5) is 19.5. The van der Waals surface area contributed by atoms with E-state index in [1.54, 1.807) is 6.07 Å². The molecule has 23 heavy (non-hydrogen) atoms. The Labute approximate surface area is 139 Å². The van der Waals surface area contributed by atoms with Crippen molar-refractivity contribution in [2.45, 2.75) is 71.1 Å². The van der Waals surface area contributed by atoms with Gasteiger partial charge in [0.2, 0.25) is 5.95 Å². The smallest absolute Gasteiger partial charge is 0.321 e. The molecule has 0 aliphatic heterocycles. The van der Waals surface area contributed by atoms with Crippen molar-refractivity contribution in [1.29, 1.82) is 0 Å². The predicted octanol–water partition coefficient (Wildman–Crippen LogP) is 4.10. The second kappa shape index (κ2) is 12.7. The van der Waals surface area contributed by atoms with Crippen LogP contribution in [-0.4, -0.2) is 22.5 Å². The van der Waals surface area contributed by atoms with Crippen molar-refractivity contribution in [3.63, 3.8) is 0 Å². The number of unbranched alkanes of at least 4 members (excludes halogenated alkanes) is 9. The average molecular weight is 321 g/mol. The number of aromatic nitrogens is 2. The summed E-state index contributed by atoms with van der Waals surface area (Å²) in [6, 6.07) is 1.29. The molecule has 1 heterocycles. The molecular formula is C17H31N5O. The highest BCUT2D eigenvalue weighted by molar-refractivity contribution is 5.87. The van der Waals surface area contributed by atoms with Gasteiger partial charge in [-0.2, -0.15) is 4.98 Å². The minimum Gasteiger partial charge on any atom is -0.384 e. The third-order valence-corrected chi connectivity index (χ3v) is 3.72. The number of hydrogen-bond donors (Lipinski definition) is 3. The van der Waals surface area contributed by atoms with E-state index >= 15 is 0 Å². The lowest BCUT2D eigenvalue weighted by Crippen LogP contribution is -2.30. The van der Waals surface area contributed by atoms with Gasteiger partial charge in [-0.1, -0.05) is 64.7 Å². The third kappa shape index (κ3) is 10.5. The number of nitrogen functional groups attached to an aromatic ring is 1. The minimum absolute atomic E-state index is 0.227. The molecule has 0 unspecified atom stereocenters. The number of urea groups is 1. The summed E-state index contributed by atoms with van der Waals surface area (Å²) in [5.74, 6) is 0.565. The molecule has 0 fully saturated rings. The molecule has 6 heteroatoms. The average Bonchev–Trinajstić information content (AvgIpc) is 2.52. The molecule has 0 spiro atoms. The van der Waals surface area contributed by atoms with Crippen LogP contribution >= 0.6 is 0 Å². The lowest BCUT2D eigenvalue weighted by Gasteiger charge is -2.06. The van der Waals surface area contributed by atoms with Gasteiger partial charge in [-0.15, -0.1) is 0 Å². The third-order valence-electron chi connectivity index (χ3n) is 3.72. The topological polar surface area (TPSA) is 92.9 Å². The van der Waals surface area contributed by atoms with Crippen LogP contribution in [0.2, 0.25) is 0 Å². The zero-order chi connectivity index (χ0) is 16.8. The van der Waals surface area contributed by atoms with Gasteiger partial charge < -0.3 is 11.1 Å². The molecule has 0 atom stereocenters. The van der Waals surface area contributed by atoms with Crippen molar-refractivity contribution in [1.82, 2.24) is 15.3 Å². The number of nitrogens with one attached hydrogen (secondary N) is 2. The number of rotatable bonds is 12. The van der Waals surface area contributed by atoms with E-state index in [9.17, 15) is 4.79 Å². The predicted molar refractivity (Wildman–Crippen MR) is 95.3 cm³/mol. The maximum absolute atomic E-state index is 11.6. The van der Waals surface area contributed by atoms with Gasteiger partial charge in [0.05, 0.1) is 0 Å². The van der Waals surface area contributed by atoms with Crippen LogP contribution in [0.3, 0.4) is 0 Å². The molecule has 1 aromatic rings. The molecule has 0 aliphatic rings. The van der Waals surface area contributed by atoms with E-state index in [2.05, 4.69) is 27.5 Å². The van der Waals surface area contributed by atoms with Crippen LogP contribution in [0.25, 0.3) is 0 Å². The Morgan fingerprint density at radius 2 is 1.65 bits per heavy atom. The number of carbonyl (C=O) groups excluding carboxylic acids is 1. The lowest BCUT2D eigenvalue weighted by molar-refractivity contribution is 0.251. The van der Waals surface area contributed by atoms with E-state index in [1.165, 1.54) is 57.6 Å². The number of nitrogens with two attached hydrogens (primary N) is 1. The molecule has 130 valence electrons. The van der Waals surface area contributed by atoms with Crippen molar-refractivity contribution in [2.24, 2.45) is 0 Å². The Balaban J connectivity index is 1.91. The molecule has 0 aromatic carbocycles. The van der Waals surface area contributed by atoms with Crippen LogP contribution in [0.15, 0.2) is 12.3 Å². The molecule has 4 N–H and O–H groups in total. The fourth-order valence-corrected chi connectivity index (χ4v) is 2.39. The number of hydrogen-bond acceptors (Lipinski definition) is 4. The Bertz CT molecular complexity index is 439. The largest absolute Gasteiger partial charge is 0.384 e. The maximum atomic E-state index is 11.6. The number of amides is 2. The normalized spacial score (nSPS) is 10.5. The van der Waals surface area contributed by atoms with Crippen LogP contribution in [-0.2, 0) is 0 Å². The Morgan fingerprint density at radius 1 is 1.04 bits per heavy atom. The van der Waals surface area contributed by atoms with Crippen molar-refractivity contribution < 1.29 is 4.79 Å². The summed E-state index contributed by atoms with van der Waals surface area (Å²) >= 11 is 0. The molecule has 1 aromatic heterocycles. The highest BCUT2D eigenvalue weighted by Crippen LogP contribution is 2.10. The Morgan fingerprint density at radius 3 is 2.26 bits per heavy atom. The Hall–Kier alpha value is -1.85. The first kappa shape index (κ1) is 19.2. The van der Waals surface area contributed by atoms with Gasteiger partial charge in [0.15, 0.2) is 0 Å². The fraction of sp³-hybridized carbons (Fsp3) is 0.706. The molecular weight excluding hydrogens is 290 g/mol. The fourth-order valence-electron chi connectivity index (χ4n) is 2.39. The van der Waals surface area contributed by atoms with Crippen molar-refractivity contribution >= 4 is 17.8 Å². The second-order valence-electron chi connectivity index (χ2n) is 5.87. The van der Waals surface area contributed by atoms with Gasteiger partial charge in [-0.05, 0) is 12.5 Å². The first-order chi connectivity index (χ1) is 11.2. The highest BCUT2D eigenvalue weighted by Gasteiger charge is 2.03. The molecule has 2 amide bonds. The molecule has 0 saturated heterocycles. The van der Waals surface area contributed by atoms with E-state index in [1.807, 2.05) is 0 Å². The SMILES string of the molecule is CCCCCCCCCCCCNC(=O)Nc1nccc(N)n1. The van der Waals surface area contributed by atoms with E-state index in [0.717, 1.165) is 12.8 Å². The summed E-state index contributed by atoms with van der Waals surface area (Å²) in [7, 11) is 0. The van der Waals surface area contributed by atoms with Gasteiger partial charge in [0.1, 0.15) is 5.82 Å². The van der Waals surface area contributed by atoms with Crippen LogP contribution in [0.5, 0.6) is 0 Å². The zero-order valence-corrected chi connectivity index (χ0v) is 14.3. The van der Waals surface area contributed by atoms with E-state index in [-0.39, 0.29) is 12.0 Å². The quantitative estimate of drug-likeness (QED) is 0.505. The first-order valence-corrected chi connectivity index (χ1v) is 8.85. The molecule has 0 bridgehead atoms. The van der Waals surface area contributed by atoms with Gasteiger partial charge in [0.25, 0.3) is 0 Å². The molecule has 6 nitrogen and oxygen atoms in total. The summed E-state index contributed by atoms with van der Waals surface area (Å²) in [5.41, 5.74) is 5.52. The monoisotopic (exact) mass is 321 g/mol. The van der Waals surface area contributed by atoms with E-state index in [0.29, 0.717) is 12.4 Å². The van der Waals surface area contributed by atoms with Crippen molar-refractivity contribution in [2.75, 3.05) is 17.6 Å².